The number of rotatable bonds is 5. The third kappa shape index (κ3) is 5.02. The number of hydrogen-bond donors (Lipinski definition) is 2. The van der Waals surface area contributed by atoms with Gasteiger partial charge in [-0.3, -0.25) is 9.59 Å². The van der Waals surface area contributed by atoms with Crippen molar-refractivity contribution in [2.45, 2.75) is 26.1 Å². The van der Waals surface area contributed by atoms with Crippen LogP contribution in [0.3, 0.4) is 0 Å². The molecule has 0 spiro atoms. The van der Waals surface area contributed by atoms with Crippen LogP contribution in [-0.2, 0) is 6.18 Å². The lowest BCUT2D eigenvalue weighted by molar-refractivity contribution is -0.137. The largest absolute Gasteiger partial charge is 0.416 e. The Morgan fingerprint density at radius 2 is 1.94 bits per heavy atom. The summed E-state index contributed by atoms with van der Waals surface area (Å²) < 4.78 is 40.4. The molecule has 0 saturated heterocycles. The van der Waals surface area contributed by atoms with Crippen LogP contribution in [0.1, 0.15) is 50.2 Å². The van der Waals surface area contributed by atoms with Gasteiger partial charge in [0.1, 0.15) is 10.7 Å². The third-order valence-corrected chi connectivity index (χ3v) is 5.28. The lowest BCUT2D eigenvalue weighted by Gasteiger charge is -2.15. The average molecular weight is 473 g/mol. The molecule has 164 valence electrons. The average Bonchev–Trinajstić information content (AvgIpc) is 3.32. The van der Waals surface area contributed by atoms with Gasteiger partial charge < -0.3 is 10.6 Å². The van der Waals surface area contributed by atoms with Crippen LogP contribution in [0.25, 0.3) is 5.13 Å². The fourth-order valence-electron chi connectivity index (χ4n) is 2.67. The Morgan fingerprint density at radius 1 is 1.23 bits per heavy atom. The van der Waals surface area contributed by atoms with Gasteiger partial charge in [-0.1, -0.05) is 22.9 Å². The molecule has 13 heteroatoms. The summed E-state index contributed by atoms with van der Waals surface area (Å²) in [7, 11) is 1.49. The van der Waals surface area contributed by atoms with E-state index in [4.69, 9.17) is 11.6 Å². The molecule has 3 rings (SSSR count). The smallest absolute Gasteiger partial charge is 0.354 e. The molecule has 8 nitrogen and oxygen atoms in total. The second-order valence-electron chi connectivity index (χ2n) is 6.44. The van der Waals surface area contributed by atoms with Gasteiger partial charge in [0.2, 0.25) is 5.13 Å². The monoisotopic (exact) mass is 472 g/mol. The SMILES string of the molecule is CNC(=O)c1cnc(-n2nc(C)nc2[C@H](C)NC(=O)c2cc(Cl)cc(C(F)(F)F)c2)s1. The maximum Gasteiger partial charge on any atom is 0.416 e. The zero-order chi connectivity index (χ0) is 22.9. The van der Waals surface area contributed by atoms with Crippen LogP contribution in [0.15, 0.2) is 24.4 Å². The van der Waals surface area contributed by atoms with E-state index < -0.39 is 23.7 Å². The summed E-state index contributed by atoms with van der Waals surface area (Å²) in [5.74, 6) is -0.403. The van der Waals surface area contributed by atoms with Crippen molar-refractivity contribution in [3.05, 3.63) is 57.1 Å². The molecule has 2 N–H and O–H groups in total. The normalized spacial score (nSPS) is 12.5. The lowest BCUT2D eigenvalue weighted by atomic mass is 10.1. The molecule has 2 heterocycles. The topological polar surface area (TPSA) is 102 Å². The van der Waals surface area contributed by atoms with E-state index in [0.717, 1.165) is 29.5 Å². The van der Waals surface area contributed by atoms with Crippen molar-refractivity contribution in [2.75, 3.05) is 7.05 Å². The number of carbonyl (C=O) groups is 2. The van der Waals surface area contributed by atoms with E-state index in [1.807, 2.05) is 0 Å². The minimum atomic E-state index is -4.64. The molecule has 1 aromatic carbocycles. The highest BCUT2D eigenvalue weighted by molar-refractivity contribution is 7.16. The van der Waals surface area contributed by atoms with Gasteiger partial charge in [0.05, 0.1) is 17.8 Å². The van der Waals surface area contributed by atoms with Crippen molar-refractivity contribution in [1.29, 1.82) is 0 Å². The minimum Gasteiger partial charge on any atom is -0.354 e. The highest BCUT2D eigenvalue weighted by atomic mass is 35.5. The number of carbonyl (C=O) groups excluding carboxylic acids is 2. The number of aryl methyl sites for hydroxylation is 1. The van der Waals surface area contributed by atoms with Crippen molar-refractivity contribution in [3.63, 3.8) is 0 Å². The van der Waals surface area contributed by atoms with Crippen molar-refractivity contribution in [3.8, 4) is 5.13 Å². The summed E-state index contributed by atoms with van der Waals surface area (Å²) >= 11 is 6.82. The van der Waals surface area contributed by atoms with Gasteiger partial charge in [-0.2, -0.15) is 17.9 Å². The molecule has 0 unspecified atom stereocenters. The van der Waals surface area contributed by atoms with Gasteiger partial charge in [0.25, 0.3) is 11.8 Å². The Hall–Kier alpha value is -2.99. The fourth-order valence-corrected chi connectivity index (χ4v) is 3.73. The first kappa shape index (κ1) is 22.7. The Morgan fingerprint density at radius 3 is 2.58 bits per heavy atom. The van der Waals surface area contributed by atoms with Crippen LogP contribution in [0, 0.1) is 6.92 Å². The molecular weight excluding hydrogens is 457 g/mol. The van der Waals surface area contributed by atoms with Crippen molar-refractivity contribution in [2.24, 2.45) is 0 Å². The zero-order valence-corrected chi connectivity index (χ0v) is 18.0. The van der Waals surface area contributed by atoms with Gasteiger partial charge in [-0.05, 0) is 32.0 Å². The van der Waals surface area contributed by atoms with Gasteiger partial charge in [-0.25, -0.2) is 9.97 Å². The number of amides is 2. The van der Waals surface area contributed by atoms with Crippen molar-refractivity contribution in [1.82, 2.24) is 30.4 Å². The third-order valence-electron chi connectivity index (χ3n) is 4.09. The number of thiazole rings is 1. The second-order valence-corrected chi connectivity index (χ2v) is 7.88. The van der Waals surface area contributed by atoms with Crippen LogP contribution >= 0.6 is 22.9 Å². The first-order valence-corrected chi connectivity index (χ1v) is 9.99. The number of aromatic nitrogens is 4. The summed E-state index contributed by atoms with van der Waals surface area (Å²) in [4.78, 5) is 33.2. The number of alkyl halides is 3. The van der Waals surface area contributed by atoms with Crippen LogP contribution < -0.4 is 10.6 Å². The van der Waals surface area contributed by atoms with Crippen molar-refractivity contribution < 1.29 is 22.8 Å². The maximum absolute atomic E-state index is 13.0. The fraction of sp³-hybridized carbons (Fsp3) is 0.278. The van der Waals surface area contributed by atoms with Crippen molar-refractivity contribution >= 4 is 34.8 Å². The quantitative estimate of drug-likeness (QED) is 0.591. The Bertz CT molecular complexity index is 1140. The van der Waals surface area contributed by atoms with Gasteiger partial charge in [-0.15, -0.1) is 5.10 Å². The molecule has 0 bridgehead atoms. The molecule has 31 heavy (non-hydrogen) atoms. The molecule has 0 aliphatic rings. The predicted octanol–water partition coefficient (Wildman–Crippen LogP) is 3.56. The summed E-state index contributed by atoms with van der Waals surface area (Å²) in [6.07, 6.45) is -3.26. The van der Waals surface area contributed by atoms with Gasteiger partial charge in [0, 0.05) is 17.6 Å². The summed E-state index contributed by atoms with van der Waals surface area (Å²) in [6, 6.07) is 1.87. The molecule has 1 atom stereocenters. The van der Waals surface area contributed by atoms with Gasteiger partial charge in [0.15, 0.2) is 5.82 Å². The molecule has 2 amide bonds. The van der Waals surface area contributed by atoms with Crippen LogP contribution in [0.2, 0.25) is 5.02 Å². The number of hydrogen-bond acceptors (Lipinski definition) is 6. The second kappa shape index (κ2) is 8.63. The molecule has 0 saturated carbocycles. The standard InChI is InChI=1S/C18H16ClF3N6O2S/c1-8(25-15(29)10-4-11(18(20,21)22)6-12(19)5-10)14-26-9(2)27-28(14)17-24-7-13(31-17)16(30)23-3/h4-8H,1-3H3,(H,23,30)(H,25,29)/t8-/m0/s1. The predicted molar refractivity (Wildman–Crippen MR) is 107 cm³/mol. The van der Waals surface area contributed by atoms with E-state index >= 15 is 0 Å². The first-order chi connectivity index (χ1) is 14.5. The summed E-state index contributed by atoms with van der Waals surface area (Å²) in [6.45, 7) is 3.23. The van der Waals surface area contributed by atoms with Crippen LogP contribution in [0.5, 0.6) is 0 Å². The number of nitrogens with one attached hydrogen (secondary N) is 2. The number of benzene rings is 1. The zero-order valence-electron chi connectivity index (χ0n) is 16.4. The molecule has 0 radical (unpaired) electrons. The first-order valence-electron chi connectivity index (χ1n) is 8.80. The molecule has 0 aliphatic carbocycles. The van der Waals surface area contributed by atoms with Crippen LogP contribution in [-0.4, -0.2) is 38.6 Å². The maximum atomic E-state index is 13.0. The van der Waals surface area contributed by atoms with Crippen LogP contribution in [0.4, 0.5) is 13.2 Å². The summed E-state index contributed by atoms with van der Waals surface area (Å²) in [5, 5.41) is 9.46. The van der Waals surface area contributed by atoms with E-state index in [0.29, 0.717) is 21.7 Å². The highest BCUT2D eigenvalue weighted by Crippen LogP contribution is 2.32. The van der Waals surface area contributed by atoms with E-state index in [1.165, 1.54) is 17.9 Å². The molecule has 3 aromatic rings. The Balaban J connectivity index is 1.87. The lowest BCUT2D eigenvalue weighted by Crippen LogP contribution is -2.29. The van der Waals surface area contributed by atoms with E-state index in [9.17, 15) is 22.8 Å². The molecule has 0 fully saturated rings. The van der Waals surface area contributed by atoms with E-state index in [-0.39, 0.29) is 16.5 Å². The highest BCUT2D eigenvalue weighted by Gasteiger charge is 2.32. The Kier molecular flexibility index (Phi) is 6.32. The summed E-state index contributed by atoms with van der Waals surface area (Å²) in [5.41, 5.74) is -1.27. The van der Waals surface area contributed by atoms with E-state index in [1.54, 1.807) is 13.8 Å². The molecule has 2 aromatic heterocycles. The minimum absolute atomic E-state index is 0.212. The molecule has 0 aliphatic heterocycles. The van der Waals surface area contributed by atoms with Gasteiger partial charge >= 0.3 is 6.18 Å². The number of nitrogens with zero attached hydrogens (tertiary/aromatic N) is 4. The molecular formula is C18H16ClF3N6O2S. The number of halogens is 4. The van der Waals surface area contributed by atoms with E-state index in [2.05, 4.69) is 25.7 Å². The Labute approximate surface area is 183 Å².